The molecule has 1 saturated heterocycles. The summed E-state index contributed by atoms with van der Waals surface area (Å²) in [4.78, 5) is 64.7. The Morgan fingerprint density at radius 2 is 1.75 bits per heavy atom. The van der Waals surface area contributed by atoms with Gasteiger partial charge in [0.15, 0.2) is 28.9 Å². The first-order valence-electron chi connectivity index (χ1n) is 14.6. The summed E-state index contributed by atoms with van der Waals surface area (Å²) in [5.41, 5.74) is 0.998. The third-order valence-electron chi connectivity index (χ3n) is 7.92. The van der Waals surface area contributed by atoms with Gasteiger partial charge in [0, 0.05) is 0 Å². The SMILES string of the molecule is Cc1cc2nc3c(=O)[nH]c(=O)nc-3n(C[C@H](O)[C@H](O)[C@H](O)COP(=O)([O-])O)c2cc1C.OC[C@H]1O[C@@H](n2cnc3c(O)ncnc32)[C@H](O)[C@@H]1O.[Na+]. The molecule has 24 heteroatoms. The molecule has 1 aromatic carbocycles. The summed E-state index contributed by atoms with van der Waals surface area (Å²) in [6.45, 7) is 1.79. The Hall–Kier alpha value is -3.32. The standard InChI is InChI=1S/C17H21N4O9P.C10H12N4O5.Na/c1-7-3-9-10(4-8(7)2)21(15-13(18-9)16(25)20-17(26)19-15)5-11(22)14(24)12(23)6-30-31(27,28)29;15-1-4-6(16)7(17)10(19-4)14-3-13-5-8(14)11-2-12-9(5)18;/h3-4,11-12,14,22-24H,5-6H2,1-2H3,(H,20,25,26)(H2,27,28,29);2-4,6-7,10,15-17H,1H2,(H,11,12,18);/q;;+1/p-1/t11-,12+,14-;4-,6-,7-,10-;/m01./s1. The number of nitrogens with one attached hydrogen (secondary N) is 1. The second-order valence-corrected chi connectivity index (χ2v) is 12.5. The van der Waals surface area contributed by atoms with Crippen LogP contribution >= 0.6 is 7.82 Å². The number of aliphatic hydroxyl groups excluding tert-OH is 6. The van der Waals surface area contributed by atoms with Crippen LogP contribution in [0.5, 0.6) is 5.88 Å². The minimum Gasteiger partial charge on any atom is -0.756 e. The predicted molar refractivity (Wildman–Crippen MR) is 164 cm³/mol. The normalized spacial score (nSPS) is 21.8. The van der Waals surface area contributed by atoms with Gasteiger partial charge >= 0.3 is 35.2 Å². The molecule has 3 aliphatic heterocycles. The van der Waals surface area contributed by atoms with Gasteiger partial charge in [-0.3, -0.25) is 18.9 Å². The number of aromatic hydroxyl groups is 1. The van der Waals surface area contributed by atoms with Crippen LogP contribution in [0.25, 0.3) is 33.7 Å². The smallest absolute Gasteiger partial charge is 0.756 e. The van der Waals surface area contributed by atoms with Gasteiger partial charge in [0.1, 0.15) is 43.0 Å². The Kier molecular flexibility index (Phi) is 12.8. The minimum atomic E-state index is -5.14. The van der Waals surface area contributed by atoms with Crippen LogP contribution < -0.4 is 45.7 Å². The van der Waals surface area contributed by atoms with Crippen molar-refractivity contribution in [3.63, 3.8) is 0 Å². The molecule has 6 rings (SSSR count). The predicted octanol–water partition coefficient (Wildman–Crippen LogP) is -7.09. The molecular formula is C27H32N8NaO14P. The summed E-state index contributed by atoms with van der Waals surface area (Å²) < 4.78 is 22.7. The molecular weight excluding hydrogens is 714 g/mol. The summed E-state index contributed by atoms with van der Waals surface area (Å²) in [6, 6.07) is 3.40. The van der Waals surface area contributed by atoms with Crippen molar-refractivity contribution in [1.82, 2.24) is 39.0 Å². The number of aryl methyl sites for hydroxylation is 2. The summed E-state index contributed by atoms with van der Waals surface area (Å²) in [6.07, 6.45) is -7.28. The van der Waals surface area contributed by atoms with E-state index in [1.807, 2.05) is 18.8 Å². The van der Waals surface area contributed by atoms with E-state index in [-0.39, 0.29) is 58.1 Å². The van der Waals surface area contributed by atoms with E-state index in [4.69, 9.17) is 14.7 Å². The van der Waals surface area contributed by atoms with Gasteiger partial charge in [0.05, 0.1) is 37.1 Å². The molecule has 3 aromatic rings. The van der Waals surface area contributed by atoms with Crippen molar-refractivity contribution in [2.75, 3.05) is 13.2 Å². The molecule has 0 aliphatic carbocycles. The number of nitrogens with zero attached hydrogens (tertiary/aromatic N) is 7. The largest absolute Gasteiger partial charge is 1.00 e. The molecule has 1 unspecified atom stereocenters. The molecule has 9 N–H and O–H groups in total. The fraction of sp³-hybridized carbons (Fsp3) is 0.444. The quantitative estimate of drug-likeness (QED) is 0.0384. The zero-order chi connectivity index (χ0) is 36.7. The monoisotopic (exact) mass is 746 g/mol. The number of rotatable bonds is 9. The van der Waals surface area contributed by atoms with Gasteiger partial charge < -0.3 is 59.4 Å². The third kappa shape index (κ3) is 8.67. The van der Waals surface area contributed by atoms with Gasteiger partial charge in [-0.25, -0.2) is 19.7 Å². The summed E-state index contributed by atoms with van der Waals surface area (Å²) in [5.74, 6) is -0.434. The second-order valence-electron chi connectivity index (χ2n) is 11.3. The number of phosphoric ester groups is 1. The van der Waals surface area contributed by atoms with Crippen molar-refractivity contribution in [1.29, 1.82) is 0 Å². The van der Waals surface area contributed by atoms with E-state index in [9.17, 15) is 49.7 Å². The van der Waals surface area contributed by atoms with Gasteiger partial charge in [-0.15, -0.1) is 0 Å². The number of hydrogen-bond acceptors (Lipinski definition) is 18. The van der Waals surface area contributed by atoms with E-state index in [2.05, 4.69) is 29.4 Å². The summed E-state index contributed by atoms with van der Waals surface area (Å²) >= 11 is 0. The maximum Gasteiger partial charge on any atom is 1.00 e. The average molecular weight is 747 g/mol. The van der Waals surface area contributed by atoms with Gasteiger partial charge in [-0.05, 0) is 37.1 Å². The van der Waals surface area contributed by atoms with Crippen molar-refractivity contribution >= 4 is 30.0 Å². The summed E-state index contributed by atoms with van der Waals surface area (Å²) in [5, 5.41) is 68.7. The number of hydrogen-bond donors (Lipinski definition) is 9. The number of imidazole rings is 1. The molecule has 3 aliphatic rings. The van der Waals surface area contributed by atoms with Crippen LogP contribution in [0, 0.1) is 13.8 Å². The van der Waals surface area contributed by atoms with Crippen LogP contribution in [0.2, 0.25) is 0 Å². The zero-order valence-corrected chi connectivity index (χ0v) is 30.0. The van der Waals surface area contributed by atoms with Crippen LogP contribution in [-0.4, -0.2) is 130 Å². The molecule has 0 bridgehead atoms. The Morgan fingerprint density at radius 3 is 2.39 bits per heavy atom. The van der Waals surface area contributed by atoms with Gasteiger partial charge in [-0.2, -0.15) is 9.97 Å². The number of aromatic nitrogens is 8. The second kappa shape index (κ2) is 16.1. The molecule has 0 spiro atoms. The van der Waals surface area contributed by atoms with E-state index >= 15 is 0 Å². The van der Waals surface area contributed by atoms with Crippen molar-refractivity contribution in [2.45, 2.75) is 63.2 Å². The first-order chi connectivity index (χ1) is 23.5. The molecule has 0 radical (unpaired) electrons. The Bertz CT molecular complexity index is 2140. The summed E-state index contributed by atoms with van der Waals surface area (Å²) in [7, 11) is -5.14. The number of fused-ring (bicyclic) bond motifs is 3. The number of H-pyrrole nitrogens is 1. The molecule has 0 amide bonds. The third-order valence-corrected chi connectivity index (χ3v) is 8.40. The van der Waals surface area contributed by atoms with Crippen LogP contribution in [0.15, 0.2) is 34.4 Å². The van der Waals surface area contributed by atoms with Gasteiger partial charge in [0.2, 0.25) is 5.88 Å². The van der Waals surface area contributed by atoms with Crippen LogP contribution in [0.1, 0.15) is 17.4 Å². The van der Waals surface area contributed by atoms with Crippen LogP contribution in [0.3, 0.4) is 0 Å². The van der Waals surface area contributed by atoms with Crippen LogP contribution in [0.4, 0.5) is 0 Å². The number of ether oxygens (including phenoxy) is 1. The molecule has 2 aromatic heterocycles. The molecule has 51 heavy (non-hydrogen) atoms. The number of phosphoric acid groups is 1. The zero-order valence-electron chi connectivity index (χ0n) is 27.1. The minimum absolute atomic E-state index is 0. The van der Waals surface area contributed by atoms with Crippen molar-refractivity contribution in [2.24, 2.45) is 0 Å². The number of benzene rings is 1. The number of aromatic amines is 1. The Morgan fingerprint density at radius 1 is 1.06 bits per heavy atom. The molecule has 22 nitrogen and oxygen atoms in total. The fourth-order valence-electron chi connectivity index (χ4n) is 5.19. The number of aliphatic hydroxyl groups is 6. The molecule has 8 atom stereocenters. The fourth-order valence-corrected chi connectivity index (χ4v) is 5.53. The van der Waals surface area contributed by atoms with E-state index < -0.39 is 81.7 Å². The average Bonchev–Trinajstić information content (AvgIpc) is 3.61. The van der Waals surface area contributed by atoms with Crippen LogP contribution in [-0.2, 0) is 20.4 Å². The molecule has 0 saturated carbocycles. The van der Waals surface area contributed by atoms with Gasteiger partial charge in [-0.1, -0.05) is 0 Å². The first-order valence-corrected chi connectivity index (χ1v) is 16.1. The van der Waals surface area contributed by atoms with Crippen molar-refractivity contribution in [3.05, 3.63) is 56.8 Å². The topological polar surface area (TPSA) is 345 Å². The van der Waals surface area contributed by atoms with E-state index in [1.54, 1.807) is 12.1 Å². The van der Waals surface area contributed by atoms with E-state index in [1.165, 1.54) is 15.5 Å². The molecule has 5 heterocycles. The molecule has 1 fully saturated rings. The van der Waals surface area contributed by atoms with Gasteiger partial charge in [0.25, 0.3) is 13.4 Å². The van der Waals surface area contributed by atoms with E-state index in [0.29, 0.717) is 11.0 Å². The Balaban J connectivity index is 0.000000249. The maximum absolute atomic E-state index is 12.2. The molecule has 270 valence electrons. The van der Waals surface area contributed by atoms with Crippen molar-refractivity contribution < 1.29 is 88.9 Å². The van der Waals surface area contributed by atoms with E-state index in [0.717, 1.165) is 17.5 Å². The maximum atomic E-state index is 12.2. The first kappa shape index (κ1) is 40.5. The Labute approximate surface area is 307 Å². The van der Waals surface area contributed by atoms with Crippen molar-refractivity contribution in [3.8, 4) is 17.4 Å².